The Hall–Kier alpha value is -1.27. The molecule has 3 rings (SSSR count). The average Bonchev–Trinajstić information content (AvgIpc) is 3.14. The molecule has 0 unspecified atom stereocenters. The van der Waals surface area contributed by atoms with Crippen LogP contribution in [0.2, 0.25) is 0 Å². The van der Waals surface area contributed by atoms with E-state index in [1.807, 2.05) is 17.0 Å². The minimum Gasteiger partial charge on any atom is -0.454 e. The molecular weight excluding hydrogens is 336 g/mol. The minimum atomic E-state index is 0.254. The number of ether oxygens (including phenoxy) is 2. The second kappa shape index (κ2) is 6.66. The van der Waals surface area contributed by atoms with Gasteiger partial charge in [-0.05, 0) is 30.5 Å². The first kappa shape index (κ1) is 14.7. The van der Waals surface area contributed by atoms with E-state index in [1.165, 1.54) is 0 Å². The predicted molar refractivity (Wildman–Crippen MR) is 82.4 cm³/mol. The van der Waals surface area contributed by atoms with Crippen molar-refractivity contribution in [1.82, 2.24) is 10.2 Å². The van der Waals surface area contributed by atoms with Crippen molar-refractivity contribution in [2.45, 2.75) is 25.8 Å². The number of nitrogens with one attached hydrogen (secondary N) is 1. The largest absolute Gasteiger partial charge is 0.454 e. The highest BCUT2D eigenvalue weighted by atomic mass is 79.9. The molecule has 6 heteroatoms. The van der Waals surface area contributed by atoms with Crippen LogP contribution >= 0.6 is 15.9 Å². The Morgan fingerprint density at radius 2 is 1.95 bits per heavy atom. The number of hydrogen-bond acceptors (Lipinski definition) is 4. The van der Waals surface area contributed by atoms with Gasteiger partial charge in [-0.3, -0.25) is 4.79 Å². The number of fused-ring (bicyclic) bond motifs is 1. The zero-order valence-electron chi connectivity index (χ0n) is 11.9. The smallest absolute Gasteiger partial charge is 0.231 e. The molecule has 2 aliphatic rings. The molecule has 21 heavy (non-hydrogen) atoms. The van der Waals surface area contributed by atoms with Gasteiger partial charge in [-0.2, -0.15) is 0 Å². The number of carbonyl (C=O) groups excluding carboxylic acids is 1. The van der Waals surface area contributed by atoms with Gasteiger partial charge in [0, 0.05) is 37.1 Å². The molecule has 1 saturated heterocycles. The molecule has 0 atom stereocenters. The van der Waals surface area contributed by atoms with Gasteiger partial charge >= 0.3 is 0 Å². The zero-order chi connectivity index (χ0) is 14.7. The molecule has 0 saturated carbocycles. The Bertz CT molecular complexity index is 530. The van der Waals surface area contributed by atoms with Gasteiger partial charge in [-0.25, -0.2) is 0 Å². The van der Waals surface area contributed by atoms with Gasteiger partial charge < -0.3 is 19.7 Å². The van der Waals surface area contributed by atoms with Crippen molar-refractivity contribution in [1.29, 1.82) is 0 Å². The molecule has 1 aromatic carbocycles. The Kier molecular flexibility index (Phi) is 4.65. The summed E-state index contributed by atoms with van der Waals surface area (Å²) in [7, 11) is 0. The summed E-state index contributed by atoms with van der Waals surface area (Å²) in [5, 5.41) is 3.31. The number of benzene rings is 1. The van der Waals surface area contributed by atoms with E-state index in [4.69, 9.17) is 9.47 Å². The van der Waals surface area contributed by atoms with E-state index < -0.39 is 0 Å². The van der Waals surface area contributed by atoms with Crippen LogP contribution in [0.3, 0.4) is 0 Å². The topological polar surface area (TPSA) is 50.8 Å². The number of halogens is 1. The van der Waals surface area contributed by atoms with Crippen molar-refractivity contribution in [3.05, 3.63) is 22.2 Å². The van der Waals surface area contributed by atoms with E-state index in [9.17, 15) is 4.79 Å². The maximum Gasteiger partial charge on any atom is 0.231 e. The zero-order valence-corrected chi connectivity index (χ0v) is 13.4. The average molecular weight is 355 g/mol. The standard InChI is InChI=1S/C15H19BrN2O3/c16-12-8-14-13(20-10-21-14)7-11(12)9-17-4-3-15(19)18-5-1-2-6-18/h7-8,17H,1-6,9-10H2. The lowest BCUT2D eigenvalue weighted by molar-refractivity contribution is -0.130. The van der Waals surface area contributed by atoms with E-state index >= 15 is 0 Å². The van der Waals surface area contributed by atoms with E-state index in [-0.39, 0.29) is 12.7 Å². The van der Waals surface area contributed by atoms with E-state index in [1.54, 1.807) is 0 Å². The molecule has 0 radical (unpaired) electrons. The highest BCUT2D eigenvalue weighted by Crippen LogP contribution is 2.36. The third-order valence-electron chi connectivity index (χ3n) is 3.83. The molecular formula is C15H19BrN2O3. The van der Waals surface area contributed by atoms with Crippen LogP contribution in [0.4, 0.5) is 0 Å². The van der Waals surface area contributed by atoms with Crippen LogP contribution in [0.5, 0.6) is 11.5 Å². The van der Waals surface area contributed by atoms with Crippen molar-refractivity contribution >= 4 is 21.8 Å². The van der Waals surface area contributed by atoms with Gasteiger partial charge in [-0.15, -0.1) is 0 Å². The fourth-order valence-electron chi connectivity index (χ4n) is 2.64. The van der Waals surface area contributed by atoms with Gasteiger partial charge in [-0.1, -0.05) is 15.9 Å². The second-order valence-corrected chi connectivity index (χ2v) is 6.17. The third kappa shape index (κ3) is 3.49. The minimum absolute atomic E-state index is 0.254. The number of nitrogens with zero attached hydrogens (tertiary/aromatic N) is 1. The highest BCUT2D eigenvalue weighted by Gasteiger charge is 2.18. The third-order valence-corrected chi connectivity index (χ3v) is 4.57. The molecule has 0 bridgehead atoms. The summed E-state index contributed by atoms with van der Waals surface area (Å²) in [5.41, 5.74) is 1.10. The Balaban J connectivity index is 1.46. The first-order valence-corrected chi connectivity index (χ1v) is 8.10. The molecule has 1 aromatic rings. The molecule has 1 fully saturated rings. The van der Waals surface area contributed by atoms with E-state index in [2.05, 4.69) is 21.2 Å². The maximum atomic E-state index is 11.9. The number of hydrogen-bond donors (Lipinski definition) is 1. The van der Waals surface area contributed by atoms with Crippen LogP contribution in [0, 0.1) is 0 Å². The fourth-order valence-corrected chi connectivity index (χ4v) is 3.10. The SMILES string of the molecule is O=C(CCNCc1cc2c(cc1Br)OCO2)N1CCCC1. The Morgan fingerprint density at radius 1 is 1.24 bits per heavy atom. The van der Waals surface area contributed by atoms with Crippen molar-refractivity contribution in [3.8, 4) is 11.5 Å². The summed E-state index contributed by atoms with van der Waals surface area (Å²) >= 11 is 3.53. The molecule has 114 valence electrons. The van der Waals surface area contributed by atoms with Gasteiger partial charge in [0.2, 0.25) is 12.7 Å². The lowest BCUT2D eigenvalue weighted by atomic mass is 10.2. The summed E-state index contributed by atoms with van der Waals surface area (Å²) < 4.78 is 11.7. The van der Waals surface area contributed by atoms with Gasteiger partial charge in [0.15, 0.2) is 11.5 Å². The lowest BCUT2D eigenvalue weighted by Gasteiger charge is -2.15. The lowest BCUT2D eigenvalue weighted by Crippen LogP contribution is -2.30. The van der Waals surface area contributed by atoms with Crippen LogP contribution in [0.1, 0.15) is 24.8 Å². The molecule has 2 heterocycles. The first-order valence-electron chi connectivity index (χ1n) is 7.30. The number of carbonyl (C=O) groups is 1. The van der Waals surface area contributed by atoms with Crippen molar-refractivity contribution in [3.63, 3.8) is 0 Å². The highest BCUT2D eigenvalue weighted by molar-refractivity contribution is 9.10. The van der Waals surface area contributed by atoms with Crippen LogP contribution in [-0.2, 0) is 11.3 Å². The summed E-state index contributed by atoms with van der Waals surface area (Å²) in [6, 6.07) is 3.90. The maximum absolute atomic E-state index is 11.9. The summed E-state index contributed by atoms with van der Waals surface area (Å²) in [6.45, 7) is 3.52. The Morgan fingerprint density at radius 3 is 2.71 bits per heavy atom. The molecule has 1 N–H and O–H groups in total. The molecule has 2 aliphatic heterocycles. The van der Waals surface area contributed by atoms with Gasteiger partial charge in [0.1, 0.15) is 0 Å². The Labute approximate surface area is 132 Å². The molecule has 0 spiro atoms. The first-order chi connectivity index (χ1) is 10.2. The quantitative estimate of drug-likeness (QED) is 0.824. The normalized spacial score (nSPS) is 16.5. The van der Waals surface area contributed by atoms with Crippen molar-refractivity contribution in [2.24, 2.45) is 0 Å². The molecule has 0 aromatic heterocycles. The summed E-state index contributed by atoms with van der Waals surface area (Å²) in [5.74, 6) is 1.81. The number of amides is 1. The van der Waals surface area contributed by atoms with Crippen LogP contribution in [0.25, 0.3) is 0 Å². The second-order valence-electron chi connectivity index (χ2n) is 5.31. The van der Waals surface area contributed by atoms with Gasteiger partial charge in [0.05, 0.1) is 0 Å². The van der Waals surface area contributed by atoms with E-state index in [0.29, 0.717) is 19.5 Å². The monoisotopic (exact) mass is 354 g/mol. The van der Waals surface area contributed by atoms with Crippen molar-refractivity contribution < 1.29 is 14.3 Å². The van der Waals surface area contributed by atoms with Crippen molar-refractivity contribution in [2.75, 3.05) is 26.4 Å². The van der Waals surface area contributed by atoms with Crippen LogP contribution in [-0.4, -0.2) is 37.2 Å². The van der Waals surface area contributed by atoms with E-state index in [0.717, 1.165) is 47.5 Å². The molecule has 5 nitrogen and oxygen atoms in total. The number of likely N-dealkylation sites (tertiary alicyclic amines) is 1. The molecule has 1 amide bonds. The number of rotatable bonds is 5. The predicted octanol–water partition coefficient (Wildman–Crippen LogP) is 2.28. The van der Waals surface area contributed by atoms with Gasteiger partial charge in [0.25, 0.3) is 0 Å². The fraction of sp³-hybridized carbons (Fsp3) is 0.533. The van der Waals surface area contributed by atoms with Crippen LogP contribution in [0.15, 0.2) is 16.6 Å². The molecule has 0 aliphatic carbocycles. The summed E-state index contributed by atoms with van der Waals surface area (Å²) in [6.07, 6.45) is 2.84. The van der Waals surface area contributed by atoms with Crippen LogP contribution < -0.4 is 14.8 Å². The summed E-state index contributed by atoms with van der Waals surface area (Å²) in [4.78, 5) is 13.9.